The van der Waals surface area contributed by atoms with E-state index in [2.05, 4.69) is 12.0 Å². The van der Waals surface area contributed by atoms with Gasteiger partial charge in [-0.25, -0.2) is 4.39 Å². The molecule has 1 unspecified atom stereocenters. The van der Waals surface area contributed by atoms with Crippen molar-refractivity contribution in [2.75, 3.05) is 5.73 Å². The van der Waals surface area contributed by atoms with E-state index in [1.807, 2.05) is 6.92 Å². The first-order valence-corrected chi connectivity index (χ1v) is 4.55. The zero-order chi connectivity index (χ0) is 10.0. The van der Waals surface area contributed by atoms with Crippen molar-refractivity contribution in [3.05, 3.63) is 11.5 Å². The molecule has 1 rings (SSSR count). The third-order valence-electron chi connectivity index (χ3n) is 2.24. The average molecular weight is 185 g/mol. The molecule has 0 aliphatic rings. The van der Waals surface area contributed by atoms with Gasteiger partial charge in [0, 0.05) is 13.0 Å². The van der Waals surface area contributed by atoms with Crippen molar-refractivity contribution < 1.29 is 4.39 Å². The fourth-order valence-electron chi connectivity index (χ4n) is 1.42. The minimum absolute atomic E-state index is 0.123. The van der Waals surface area contributed by atoms with Crippen LogP contribution in [0.4, 0.5) is 10.2 Å². The molecule has 1 aromatic rings. The summed E-state index contributed by atoms with van der Waals surface area (Å²) in [5.41, 5.74) is 5.95. The van der Waals surface area contributed by atoms with Crippen LogP contribution in [0, 0.1) is 5.82 Å². The monoisotopic (exact) mass is 185 g/mol. The first kappa shape index (κ1) is 10.0. The molecule has 2 N–H and O–H groups in total. The highest BCUT2D eigenvalue weighted by Gasteiger charge is 2.18. The van der Waals surface area contributed by atoms with E-state index in [1.165, 1.54) is 4.68 Å². The maximum absolute atomic E-state index is 13.4. The molecule has 0 saturated heterocycles. The van der Waals surface area contributed by atoms with Crippen molar-refractivity contribution in [2.24, 2.45) is 7.05 Å². The second-order valence-electron chi connectivity index (χ2n) is 3.40. The van der Waals surface area contributed by atoms with Crippen LogP contribution in [0.3, 0.4) is 0 Å². The average Bonchev–Trinajstić information content (AvgIpc) is 2.33. The molecule has 0 amide bonds. The Bertz CT molecular complexity index is 293. The standard InChI is InChI=1S/C9H16FN3/c1-4-5-6(2)8-7(10)9(11)13(3)12-8/h6H,4-5,11H2,1-3H3. The summed E-state index contributed by atoms with van der Waals surface area (Å²) in [5.74, 6) is -0.0881. The van der Waals surface area contributed by atoms with Gasteiger partial charge in [0.15, 0.2) is 11.6 Å². The Morgan fingerprint density at radius 1 is 1.62 bits per heavy atom. The van der Waals surface area contributed by atoms with Gasteiger partial charge in [-0.05, 0) is 6.42 Å². The maximum atomic E-state index is 13.4. The van der Waals surface area contributed by atoms with Crippen LogP contribution in [0.25, 0.3) is 0 Å². The topological polar surface area (TPSA) is 43.8 Å². The predicted molar refractivity (Wildman–Crippen MR) is 50.9 cm³/mol. The lowest BCUT2D eigenvalue weighted by atomic mass is 10.0. The highest BCUT2D eigenvalue weighted by atomic mass is 19.1. The molecular weight excluding hydrogens is 169 g/mol. The van der Waals surface area contributed by atoms with Gasteiger partial charge in [-0.15, -0.1) is 0 Å². The number of nitrogens with zero attached hydrogens (tertiary/aromatic N) is 2. The van der Waals surface area contributed by atoms with E-state index in [0.29, 0.717) is 5.69 Å². The lowest BCUT2D eigenvalue weighted by Crippen LogP contribution is -1.98. The van der Waals surface area contributed by atoms with Crippen LogP contribution in [-0.4, -0.2) is 9.78 Å². The molecule has 74 valence electrons. The summed E-state index contributed by atoms with van der Waals surface area (Å²) in [6.07, 6.45) is 1.96. The van der Waals surface area contributed by atoms with Gasteiger partial charge in [-0.2, -0.15) is 5.10 Å². The molecule has 0 aromatic carbocycles. The number of aromatic nitrogens is 2. The van der Waals surface area contributed by atoms with Gasteiger partial charge in [0.05, 0.1) is 0 Å². The lowest BCUT2D eigenvalue weighted by Gasteiger charge is -2.05. The normalized spacial score (nSPS) is 13.2. The summed E-state index contributed by atoms with van der Waals surface area (Å²) in [4.78, 5) is 0. The number of nitrogen functional groups attached to an aromatic ring is 1. The zero-order valence-electron chi connectivity index (χ0n) is 8.34. The fraction of sp³-hybridized carbons (Fsp3) is 0.667. The molecular formula is C9H16FN3. The molecule has 0 fully saturated rings. The number of aryl methyl sites for hydroxylation is 1. The SMILES string of the molecule is CCCC(C)c1nn(C)c(N)c1F. The second kappa shape index (κ2) is 3.77. The van der Waals surface area contributed by atoms with E-state index in [4.69, 9.17) is 5.73 Å². The first-order valence-electron chi connectivity index (χ1n) is 4.55. The smallest absolute Gasteiger partial charge is 0.188 e. The van der Waals surface area contributed by atoms with Crippen LogP contribution in [0.1, 0.15) is 38.3 Å². The number of rotatable bonds is 3. The molecule has 0 aliphatic heterocycles. The zero-order valence-corrected chi connectivity index (χ0v) is 8.34. The Balaban J connectivity index is 2.94. The third kappa shape index (κ3) is 1.82. The summed E-state index contributed by atoms with van der Waals surface area (Å²) >= 11 is 0. The van der Waals surface area contributed by atoms with Crippen LogP contribution >= 0.6 is 0 Å². The quantitative estimate of drug-likeness (QED) is 0.783. The van der Waals surface area contributed by atoms with Crippen molar-refractivity contribution in [3.8, 4) is 0 Å². The van der Waals surface area contributed by atoms with Gasteiger partial charge < -0.3 is 5.73 Å². The third-order valence-corrected chi connectivity index (χ3v) is 2.24. The maximum Gasteiger partial charge on any atom is 0.188 e. The Morgan fingerprint density at radius 2 is 2.23 bits per heavy atom. The molecule has 1 aromatic heterocycles. The fourth-order valence-corrected chi connectivity index (χ4v) is 1.42. The van der Waals surface area contributed by atoms with Crippen LogP contribution in [0.15, 0.2) is 0 Å². The lowest BCUT2D eigenvalue weighted by molar-refractivity contribution is 0.566. The molecule has 13 heavy (non-hydrogen) atoms. The summed E-state index contributed by atoms with van der Waals surface area (Å²) in [6, 6.07) is 0. The van der Waals surface area contributed by atoms with Crippen molar-refractivity contribution in [1.82, 2.24) is 9.78 Å². The Hall–Kier alpha value is -1.06. The molecule has 0 bridgehead atoms. The summed E-state index contributed by atoms with van der Waals surface area (Å²) in [6.45, 7) is 4.04. The Labute approximate surface area is 77.7 Å². The molecule has 1 atom stereocenters. The van der Waals surface area contributed by atoms with E-state index in [9.17, 15) is 4.39 Å². The van der Waals surface area contributed by atoms with Crippen LogP contribution in [-0.2, 0) is 7.05 Å². The number of halogens is 1. The Morgan fingerprint density at radius 3 is 2.62 bits per heavy atom. The molecule has 3 nitrogen and oxygen atoms in total. The minimum Gasteiger partial charge on any atom is -0.381 e. The largest absolute Gasteiger partial charge is 0.381 e. The van der Waals surface area contributed by atoms with Crippen molar-refractivity contribution in [3.63, 3.8) is 0 Å². The van der Waals surface area contributed by atoms with E-state index in [-0.39, 0.29) is 17.6 Å². The molecule has 1 heterocycles. The van der Waals surface area contributed by atoms with Crippen LogP contribution in [0.5, 0.6) is 0 Å². The summed E-state index contributed by atoms with van der Waals surface area (Å²) in [7, 11) is 1.65. The highest BCUT2D eigenvalue weighted by Crippen LogP contribution is 2.24. The number of nitrogens with two attached hydrogens (primary N) is 1. The molecule has 0 saturated carbocycles. The van der Waals surface area contributed by atoms with Crippen molar-refractivity contribution in [1.29, 1.82) is 0 Å². The van der Waals surface area contributed by atoms with Crippen molar-refractivity contribution >= 4 is 5.82 Å². The number of hydrogen-bond acceptors (Lipinski definition) is 2. The molecule has 0 aliphatic carbocycles. The van der Waals surface area contributed by atoms with Crippen LogP contribution < -0.4 is 5.73 Å². The van der Waals surface area contributed by atoms with Gasteiger partial charge >= 0.3 is 0 Å². The Kier molecular flexibility index (Phi) is 2.90. The van der Waals surface area contributed by atoms with E-state index < -0.39 is 0 Å². The second-order valence-corrected chi connectivity index (χ2v) is 3.40. The van der Waals surface area contributed by atoms with Crippen LogP contribution in [0.2, 0.25) is 0 Å². The first-order chi connectivity index (χ1) is 6.07. The van der Waals surface area contributed by atoms with E-state index in [0.717, 1.165) is 12.8 Å². The molecule has 0 radical (unpaired) electrons. The minimum atomic E-state index is -0.358. The van der Waals surface area contributed by atoms with Gasteiger partial charge in [-0.3, -0.25) is 4.68 Å². The predicted octanol–water partition coefficient (Wildman–Crippen LogP) is 2.04. The summed E-state index contributed by atoms with van der Waals surface area (Å²) in [5, 5.41) is 4.04. The number of hydrogen-bond donors (Lipinski definition) is 1. The molecule has 0 spiro atoms. The van der Waals surface area contributed by atoms with Gasteiger partial charge in [0.2, 0.25) is 0 Å². The van der Waals surface area contributed by atoms with E-state index >= 15 is 0 Å². The van der Waals surface area contributed by atoms with Crippen molar-refractivity contribution in [2.45, 2.75) is 32.6 Å². The number of anilines is 1. The molecule has 4 heteroatoms. The van der Waals surface area contributed by atoms with Gasteiger partial charge in [-0.1, -0.05) is 20.3 Å². The van der Waals surface area contributed by atoms with Gasteiger partial charge in [0.25, 0.3) is 0 Å². The summed E-state index contributed by atoms with van der Waals surface area (Å²) < 4.78 is 14.8. The highest BCUT2D eigenvalue weighted by molar-refractivity contribution is 5.34. The van der Waals surface area contributed by atoms with Gasteiger partial charge in [0.1, 0.15) is 5.69 Å². The van der Waals surface area contributed by atoms with E-state index in [1.54, 1.807) is 7.05 Å².